The van der Waals surface area contributed by atoms with Gasteiger partial charge in [-0.2, -0.15) is 0 Å². The lowest BCUT2D eigenvalue weighted by atomic mass is 9.97. The summed E-state index contributed by atoms with van der Waals surface area (Å²) in [5.74, 6) is 0.167. The molecule has 5 nitrogen and oxygen atoms in total. The number of carbonyl (C=O) groups is 2. The summed E-state index contributed by atoms with van der Waals surface area (Å²) in [6, 6.07) is 38.5. The van der Waals surface area contributed by atoms with Gasteiger partial charge in [0.1, 0.15) is 0 Å². The van der Waals surface area contributed by atoms with Gasteiger partial charge in [0, 0.05) is 49.9 Å². The van der Waals surface area contributed by atoms with Crippen molar-refractivity contribution < 1.29 is 9.59 Å². The number of amides is 2. The van der Waals surface area contributed by atoms with Gasteiger partial charge in [-0.1, -0.05) is 91.0 Å². The molecule has 6 rings (SSSR count). The molecule has 0 spiro atoms. The fraction of sp³-hybridized carbons (Fsp3) is 0.235. The lowest BCUT2D eigenvalue weighted by molar-refractivity contribution is -0.00755. The van der Waals surface area contributed by atoms with Gasteiger partial charge in [-0.05, 0) is 47.4 Å². The van der Waals surface area contributed by atoms with E-state index in [0.29, 0.717) is 12.6 Å². The van der Waals surface area contributed by atoms with Gasteiger partial charge >= 0.3 is 0 Å². The lowest BCUT2D eigenvalue weighted by Gasteiger charge is -2.50. The van der Waals surface area contributed by atoms with Crippen LogP contribution in [0.15, 0.2) is 115 Å². The van der Waals surface area contributed by atoms with E-state index in [-0.39, 0.29) is 17.9 Å². The topological polar surface area (TPSA) is 43.9 Å². The third-order valence-electron chi connectivity index (χ3n) is 8.00. The molecule has 2 saturated heterocycles. The molecule has 39 heavy (non-hydrogen) atoms. The van der Waals surface area contributed by atoms with Crippen molar-refractivity contribution in [1.82, 2.24) is 14.7 Å². The molecule has 5 heteroatoms. The maximum Gasteiger partial charge on any atom is 0.254 e. The molecule has 4 aromatic rings. The van der Waals surface area contributed by atoms with Crippen LogP contribution in [0.2, 0.25) is 0 Å². The minimum atomic E-state index is -0.0189. The number of hydrogen-bond acceptors (Lipinski definition) is 3. The maximum atomic E-state index is 13.4. The lowest BCUT2D eigenvalue weighted by Crippen LogP contribution is -2.64. The van der Waals surface area contributed by atoms with Crippen molar-refractivity contribution in [3.63, 3.8) is 0 Å². The van der Waals surface area contributed by atoms with Gasteiger partial charge in [0.25, 0.3) is 11.8 Å². The van der Waals surface area contributed by atoms with Gasteiger partial charge in [0.2, 0.25) is 0 Å². The highest BCUT2D eigenvalue weighted by molar-refractivity contribution is 5.95. The molecule has 4 aromatic carbocycles. The zero-order valence-corrected chi connectivity index (χ0v) is 22.0. The largest absolute Gasteiger partial charge is 0.335 e. The van der Waals surface area contributed by atoms with Crippen LogP contribution in [0.25, 0.3) is 0 Å². The smallest absolute Gasteiger partial charge is 0.254 e. The second-order valence-electron chi connectivity index (χ2n) is 10.5. The van der Waals surface area contributed by atoms with E-state index in [1.807, 2.05) is 76.5 Å². The maximum absolute atomic E-state index is 13.4. The molecule has 0 saturated carbocycles. The minimum absolute atomic E-state index is 0.0189. The Balaban J connectivity index is 1.09. The highest BCUT2D eigenvalue weighted by Crippen LogP contribution is 2.30. The van der Waals surface area contributed by atoms with Crippen LogP contribution in [0.4, 0.5) is 0 Å². The van der Waals surface area contributed by atoms with Crippen LogP contribution in [0.1, 0.15) is 43.4 Å². The summed E-state index contributed by atoms with van der Waals surface area (Å²) < 4.78 is 0. The van der Waals surface area contributed by atoms with Gasteiger partial charge in [0.05, 0.1) is 6.04 Å². The van der Waals surface area contributed by atoms with Crippen LogP contribution in [0.3, 0.4) is 0 Å². The molecule has 2 aliphatic rings. The van der Waals surface area contributed by atoms with Gasteiger partial charge in [-0.15, -0.1) is 0 Å². The molecule has 2 heterocycles. The highest BCUT2D eigenvalue weighted by atomic mass is 16.2. The molecular formula is C34H33N3O2. The Hall–Kier alpha value is -4.22. The molecule has 2 fully saturated rings. The van der Waals surface area contributed by atoms with E-state index in [1.165, 1.54) is 11.1 Å². The first-order chi connectivity index (χ1) is 19.2. The average Bonchev–Trinajstić information content (AvgIpc) is 2.98. The quantitative estimate of drug-likeness (QED) is 0.350. The monoisotopic (exact) mass is 515 g/mol. The summed E-state index contributed by atoms with van der Waals surface area (Å²) in [4.78, 5) is 33.0. The summed E-state index contributed by atoms with van der Waals surface area (Å²) in [7, 11) is 0. The molecule has 0 N–H and O–H groups in total. The van der Waals surface area contributed by atoms with Crippen LogP contribution in [0, 0.1) is 0 Å². The van der Waals surface area contributed by atoms with Crippen molar-refractivity contribution in [2.45, 2.75) is 18.5 Å². The second kappa shape index (κ2) is 11.3. The number of carbonyl (C=O) groups excluding carboxylic acids is 2. The number of piperazine rings is 1. The van der Waals surface area contributed by atoms with E-state index in [1.54, 1.807) is 0 Å². The standard InChI is InChI=1S/C34H33N3O2/c38-33(30-18-16-27(17-19-30)22-26-10-4-1-5-11-26)36-23-31(24-36)35-20-21-37(34(39)29-14-8-3-9-15-29)32(25-35)28-12-6-2-7-13-28/h1-19,31-32H,20-25H2. The number of hydrogen-bond donors (Lipinski definition) is 0. The molecular weight excluding hydrogens is 482 g/mol. The van der Waals surface area contributed by atoms with Crippen molar-refractivity contribution in [2.75, 3.05) is 32.7 Å². The summed E-state index contributed by atoms with van der Waals surface area (Å²) >= 11 is 0. The van der Waals surface area contributed by atoms with E-state index in [4.69, 9.17) is 0 Å². The molecule has 0 aromatic heterocycles. The van der Waals surface area contributed by atoms with Crippen LogP contribution < -0.4 is 0 Å². The predicted molar refractivity (Wildman–Crippen MR) is 154 cm³/mol. The summed E-state index contributed by atoms with van der Waals surface area (Å²) in [6.07, 6.45) is 0.864. The van der Waals surface area contributed by atoms with Crippen LogP contribution in [0.5, 0.6) is 0 Å². The number of benzene rings is 4. The van der Waals surface area contributed by atoms with E-state index < -0.39 is 0 Å². The third-order valence-corrected chi connectivity index (χ3v) is 8.00. The van der Waals surface area contributed by atoms with Crippen molar-refractivity contribution in [2.24, 2.45) is 0 Å². The Morgan fingerprint density at radius 3 is 1.82 bits per heavy atom. The first-order valence-electron chi connectivity index (χ1n) is 13.7. The Morgan fingerprint density at radius 2 is 1.15 bits per heavy atom. The fourth-order valence-corrected chi connectivity index (χ4v) is 5.72. The van der Waals surface area contributed by atoms with Gasteiger partial charge in [-0.25, -0.2) is 0 Å². The molecule has 2 amide bonds. The van der Waals surface area contributed by atoms with Gasteiger partial charge in [-0.3, -0.25) is 14.5 Å². The zero-order valence-electron chi connectivity index (χ0n) is 22.0. The zero-order chi connectivity index (χ0) is 26.6. The Kier molecular flexibility index (Phi) is 7.24. The number of likely N-dealkylation sites (tertiary alicyclic amines) is 1. The molecule has 196 valence electrons. The van der Waals surface area contributed by atoms with Crippen LogP contribution in [-0.4, -0.2) is 65.3 Å². The summed E-state index contributed by atoms with van der Waals surface area (Å²) in [6.45, 7) is 3.68. The first-order valence-corrected chi connectivity index (χ1v) is 13.7. The molecule has 0 aliphatic carbocycles. The van der Waals surface area contributed by atoms with Crippen LogP contribution >= 0.6 is 0 Å². The molecule has 1 atom stereocenters. The fourth-order valence-electron chi connectivity index (χ4n) is 5.72. The van der Waals surface area contributed by atoms with E-state index >= 15 is 0 Å². The van der Waals surface area contributed by atoms with Crippen molar-refractivity contribution >= 4 is 11.8 Å². The first kappa shape index (κ1) is 25.1. The van der Waals surface area contributed by atoms with E-state index in [2.05, 4.69) is 53.4 Å². The molecule has 2 aliphatic heterocycles. The van der Waals surface area contributed by atoms with Crippen LogP contribution in [-0.2, 0) is 6.42 Å². The number of nitrogens with zero attached hydrogens (tertiary/aromatic N) is 3. The van der Waals surface area contributed by atoms with Crippen molar-refractivity contribution in [3.8, 4) is 0 Å². The Bertz CT molecular complexity index is 1400. The highest BCUT2D eigenvalue weighted by Gasteiger charge is 2.40. The van der Waals surface area contributed by atoms with Crippen molar-refractivity contribution in [3.05, 3.63) is 143 Å². The van der Waals surface area contributed by atoms with Gasteiger partial charge in [0.15, 0.2) is 0 Å². The summed E-state index contributed by atoms with van der Waals surface area (Å²) in [5.41, 5.74) is 5.08. The molecule has 0 radical (unpaired) electrons. The molecule has 1 unspecified atom stereocenters. The Labute approximate surface area is 230 Å². The third kappa shape index (κ3) is 5.50. The van der Waals surface area contributed by atoms with Crippen molar-refractivity contribution in [1.29, 1.82) is 0 Å². The van der Waals surface area contributed by atoms with E-state index in [9.17, 15) is 9.59 Å². The summed E-state index contributed by atoms with van der Waals surface area (Å²) in [5, 5.41) is 0. The predicted octanol–water partition coefficient (Wildman–Crippen LogP) is 5.30. The van der Waals surface area contributed by atoms with Gasteiger partial charge < -0.3 is 9.80 Å². The molecule has 0 bridgehead atoms. The number of rotatable bonds is 6. The minimum Gasteiger partial charge on any atom is -0.335 e. The Morgan fingerprint density at radius 1 is 0.590 bits per heavy atom. The SMILES string of the molecule is O=C(c1ccc(Cc2ccccc2)cc1)N1CC(N2CCN(C(=O)c3ccccc3)C(c3ccccc3)C2)C1. The van der Waals surface area contributed by atoms with E-state index in [0.717, 1.165) is 49.3 Å². The normalized spacial score (nSPS) is 18.0. The second-order valence-corrected chi connectivity index (χ2v) is 10.5. The average molecular weight is 516 g/mol.